The number of hydrogen-bond donors (Lipinski definition) is 0. The second kappa shape index (κ2) is 9.71. The van der Waals surface area contributed by atoms with Gasteiger partial charge in [-0.05, 0) is 64.3 Å². The summed E-state index contributed by atoms with van der Waals surface area (Å²) in [5, 5.41) is 0. The van der Waals surface area contributed by atoms with Gasteiger partial charge in [0, 0.05) is 25.2 Å². The highest BCUT2D eigenvalue weighted by atomic mass is 32.2. The zero-order valence-electron chi connectivity index (χ0n) is 17.9. The number of hydrogen-bond acceptors (Lipinski definition) is 5. The molecule has 1 saturated heterocycles. The normalized spacial score (nSPS) is 21.1. The van der Waals surface area contributed by atoms with E-state index in [9.17, 15) is 18.0 Å². The maximum Gasteiger partial charge on any atom is 0.338 e. The number of likely N-dealkylation sites (tertiary alicyclic amines) is 1. The lowest BCUT2D eigenvalue weighted by Crippen LogP contribution is -2.51. The van der Waals surface area contributed by atoms with Crippen LogP contribution in [0.1, 0.15) is 64.2 Å². The molecular weight excluding hydrogens is 392 g/mol. The highest BCUT2D eigenvalue weighted by Crippen LogP contribution is 2.24. The highest BCUT2D eigenvalue weighted by molar-refractivity contribution is 7.89. The Bertz CT molecular complexity index is 808. The summed E-state index contributed by atoms with van der Waals surface area (Å²) < 4.78 is 31.8. The van der Waals surface area contributed by atoms with Gasteiger partial charge in [-0.15, -0.1) is 0 Å². The average molecular weight is 425 g/mol. The van der Waals surface area contributed by atoms with E-state index in [4.69, 9.17) is 4.74 Å². The van der Waals surface area contributed by atoms with Gasteiger partial charge < -0.3 is 9.64 Å². The van der Waals surface area contributed by atoms with Crippen molar-refractivity contribution in [1.82, 2.24) is 9.21 Å². The number of ether oxygens (including phenoxy) is 1. The summed E-state index contributed by atoms with van der Waals surface area (Å²) in [4.78, 5) is 27.2. The van der Waals surface area contributed by atoms with Crippen molar-refractivity contribution in [3.05, 3.63) is 29.8 Å². The van der Waals surface area contributed by atoms with Crippen molar-refractivity contribution < 1.29 is 22.7 Å². The molecule has 0 N–H and O–H groups in total. The molecule has 0 spiro atoms. The predicted octanol–water partition coefficient (Wildman–Crippen LogP) is 3.05. The molecule has 0 aliphatic carbocycles. The van der Waals surface area contributed by atoms with E-state index in [-0.39, 0.29) is 28.4 Å². The van der Waals surface area contributed by atoms with E-state index in [1.54, 1.807) is 25.7 Å². The Kier molecular flexibility index (Phi) is 7.82. The van der Waals surface area contributed by atoms with Crippen LogP contribution >= 0.6 is 0 Å². The Morgan fingerprint density at radius 1 is 1.10 bits per heavy atom. The van der Waals surface area contributed by atoms with Crippen molar-refractivity contribution in [2.75, 3.05) is 13.1 Å². The van der Waals surface area contributed by atoms with Gasteiger partial charge >= 0.3 is 5.97 Å². The van der Waals surface area contributed by atoms with E-state index in [0.717, 1.165) is 19.3 Å². The molecule has 0 bridgehead atoms. The number of amides is 1. The minimum absolute atomic E-state index is 0.122. The van der Waals surface area contributed by atoms with Crippen molar-refractivity contribution in [1.29, 1.82) is 0 Å². The zero-order valence-corrected chi connectivity index (χ0v) is 18.7. The Balaban J connectivity index is 2.08. The number of esters is 1. The van der Waals surface area contributed by atoms with Gasteiger partial charge in [0.05, 0.1) is 10.5 Å². The third-order valence-corrected chi connectivity index (χ3v) is 7.58. The number of carbonyl (C=O) groups is 2. The van der Waals surface area contributed by atoms with Crippen LogP contribution in [0.2, 0.25) is 0 Å². The van der Waals surface area contributed by atoms with Crippen LogP contribution in [-0.4, -0.2) is 60.8 Å². The molecule has 1 aromatic rings. The SMILES string of the molecule is CCN(CC)S(=O)(=O)c1ccc(C(=O)O[C@@H](C)C(=O)N2[C@@H](C)CCC[C@@H]2C)cc1. The van der Waals surface area contributed by atoms with Gasteiger partial charge in [0.25, 0.3) is 5.91 Å². The molecule has 1 amide bonds. The number of sulfonamides is 1. The van der Waals surface area contributed by atoms with E-state index < -0.39 is 22.1 Å². The van der Waals surface area contributed by atoms with Crippen LogP contribution in [0.4, 0.5) is 0 Å². The third-order valence-electron chi connectivity index (χ3n) is 5.51. The summed E-state index contributed by atoms with van der Waals surface area (Å²) >= 11 is 0. The van der Waals surface area contributed by atoms with Crippen LogP contribution < -0.4 is 0 Å². The van der Waals surface area contributed by atoms with Crippen molar-refractivity contribution in [3.8, 4) is 0 Å². The molecule has 3 atom stereocenters. The molecule has 0 aromatic heterocycles. The van der Waals surface area contributed by atoms with E-state index in [1.165, 1.54) is 28.6 Å². The van der Waals surface area contributed by atoms with Crippen molar-refractivity contribution in [2.24, 2.45) is 0 Å². The lowest BCUT2D eigenvalue weighted by molar-refractivity contribution is -0.146. The van der Waals surface area contributed by atoms with Crippen LogP contribution in [-0.2, 0) is 19.6 Å². The second-order valence-corrected chi connectivity index (χ2v) is 9.47. The first-order valence-corrected chi connectivity index (χ1v) is 11.7. The monoisotopic (exact) mass is 424 g/mol. The Morgan fingerprint density at radius 3 is 2.10 bits per heavy atom. The maximum atomic E-state index is 12.8. The first-order chi connectivity index (χ1) is 13.6. The molecular formula is C21H32N2O5S. The smallest absolute Gasteiger partial charge is 0.338 e. The second-order valence-electron chi connectivity index (χ2n) is 7.54. The minimum Gasteiger partial charge on any atom is -0.449 e. The Morgan fingerprint density at radius 2 is 1.62 bits per heavy atom. The molecule has 162 valence electrons. The average Bonchev–Trinajstić information content (AvgIpc) is 2.68. The Hall–Kier alpha value is -1.93. The van der Waals surface area contributed by atoms with Crippen molar-refractivity contribution >= 4 is 21.9 Å². The third kappa shape index (κ3) is 5.17. The van der Waals surface area contributed by atoms with Crippen LogP contribution in [0.5, 0.6) is 0 Å². The van der Waals surface area contributed by atoms with E-state index in [0.29, 0.717) is 13.1 Å². The topological polar surface area (TPSA) is 84.0 Å². The van der Waals surface area contributed by atoms with Crippen LogP contribution in [0.15, 0.2) is 29.2 Å². The lowest BCUT2D eigenvalue weighted by Gasteiger charge is -2.40. The number of piperidine rings is 1. The summed E-state index contributed by atoms with van der Waals surface area (Å²) in [6.07, 6.45) is 2.08. The highest BCUT2D eigenvalue weighted by Gasteiger charge is 2.33. The van der Waals surface area contributed by atoms with E-state index in [2.05, 4.69) is 0 Å². The molecule has 0 radical (unpaired) electrons. The summed E-state index contributed by atoms with van der Waals surface area (Å²) in [6, 6.07) is 5.87. The summed E-state index contributed by atoms with van der Waals surface area (Å²) in [6.45, 7) is 9.89. The molecule has 1 aliphatic heterocycles. The maximum absolute atomic E-state index is 12.8. The fourth-order valence-corrected chi connectivity index (χ4v) is 5.28. The van der Waals surface area contributed by atoms with Gasteiger partial charge in [0.1, 0.15) is 0 Å². The molecule has 1 aliphatic rings. The van der Waals surface area contributed by atoms with Gasteiger partial charge in [-0.25, -0.2) is 13.2 Å². The van der Waals surface area contributed by atoms with E-state index in [1.807, 2.05) is 13.8 Å². The van der Waals surface area contributed by atoms with E-state index >= 15 is 0 Å². The molecule has 7 nitrogen and oxygen atoms in total. The molecule has 1 heterocycles. The minimum atomic E-state index is -3.59. The molecule has 0 unspecified atom stereocenters. The fraction of sp³-hybridized carbons (Fsp3) is 0.619. The van der Waals surface area contributed by atoms with Crippen LogP contribution in [0, 0.1) is 0 Å². The quantitative estimate of drug-likeness (QED) is 0.628. The van der Waals surface area contributed by atoms with Crippen molar-refractivity contribution in [2.45, 2.75) is 77.0 Å². The number of rotatable bonds is 7. The fourth-order valence-electron chi connectivity index (χ4n) is 3.82. The molecule has 1 fully saturated rings. The number of nitrogens with zero attached hydrogens (tertiary/aromatic N) is 2. The standard InChI is InChI=1S/C21H32N2O5S/c1-6-22(7-2)29(26,27)19-13-11-18(12-14-19)21(25)28-17(5)20(24)23-15(3)9-8-10-16(23)4/h11-17H,6-10H2,1-5H3/t15-,16-,17-/m0/s1. The first kappa shape index (κ1) is 23.3. The van der Waals surface area contributed by atoms with Crippen LogP contribution in [0.3, 0.4) is 0 Å². The molecule has 1 aromatic carbocycles. The Labute approximate surface area is 174 Å². The van der Waals surface area contributed by atoms with Crippen molar-refractivity contribution in [3.63, 3.8) is 0 Å². The summed E-state index contributed by atoms with van der Waals surface area (Å²) in [7, 11) is -3.59. The molecule has 29 heavy (non-hydrogen) atoms. The number of benzene rings is 1. The molecule has 8 heteroatoms. The zero-order chi connectivity index (χ0) is 21.8. The van der Waals surface area contributed by atoms with Gasteiger partial charge in [-0.2, -0.15) is 4.31 Å². The van der Waals surface area contributed by atoms with Gasteiger partial charge in [-0.3, -0.25) is 4.79 Å². The largest absolute Gasteiger partial charge is 0.449 e. The summed E-state index contributed by atoms with van der Waals surface area (Å²) in [5.74, 6) is -0.839. The van der Waals surface area contributed by atoms with Gasteiger partial charge in [0.2, 0.25) is 10.0 Å². The lowest BCUT2D eigenvalue weighted by atomic mass is 9.97. The summed E-state index contributed by atoms with van der Waals surface area (Å²) in [5.41, 5.74) is 0.211. The van der Waals surface area contributed by atoms with Crippen LogP contribution in [0.25, 0.3) is 0 Å². The first-order valence-electron chi connectivity index (χ1n) is 10.3. The van der Waals surface area contributed by atoms with Gasteiger partial charge in [-0.1, -0.05) is 13.8 Å². The number of carbonyl (C=O) groups excluding carboxylic acids is 2. The molecule has 0 saturated carbocycles. The molecule has 2 rings (SSSR count). The van der Waals surface area contributed by atoms with Gasteiger partial charge in [0.15, 0.2) is 6.10 Å². The predicted molar refractivity (Wildman–Crippen MR) is 111 cm³/mol.